The van der Waals surface area contributed by atoms with Gasteiger partial charge in [0, 0.05) is 30.5 Å². The summed E-state index contributed by atoms with van der Waals surface area (Å²) in [5.74, 6) is -0.348. The Morgan fingerprint density at radius 1 is 1.37 bits per heavy atom. The highest BCUT2D eigenvalue weighted by atomic mass is 16.3. The summed E-state index contributed by atoms with van der Waals surface area (Å²) in [5, 5.41) is 12.1. The van der Waals surface area contributed by atoms with Crippen LogP contribution >= 0.6 is 0 Å². The lowest BCUT2D eigenvalue weighted by atomic mass is 9.89. The average molecular weight is 257 g/mol. The zero-order chi connectivity index (χ0) is 13.2. The van der Waals surface area contributed by atoms with Crippen molar-refractivity contribution in [1.29, 1.82) is 0 Å². The van der Waals surface area contributed by atoms with Crippen molar-refractivity contribution in [2.24, 2.45) is 5.92 Å². The number of carbonyl (C=O) groups is 1. The van der Waals surface area contributed by atoms with Crippen molar-refractivity contribution in [2.45, 2.75) is 5.92 Å². The zero-order valence-electron chi connectivity index (χ0n) is 10.4. The van der Waals surface area contributed by atoms with Gasteiger partial charge in [0.05, 0.1) is 18.9 Å². The first-order valence-corrected chi connectivity index (χ1v) is 6.26. The van der Waals surface area contributed by atoms with Crippen LogP contribution < -0.4 is 5.32 Å². The van der Waals surface area contributed by atoms with E-state index in [9.17, 15) is 9.90 Å². The molecule has 5 heteroatoms. The number of rotatable bonds is 3. The van der Waals surface area contributed by atoms with Crippen molar-refractivity contribution in [3.63, 3.8) is 0 Å². The Hall–Kier alpha value is -2.14. The molecule has 0 bridgehead atoms. The van der Waals surface area contributed by atoms with Crippen molar-refractivity contribution in [2.75, 3.05) is 13.2 Å². The highest BCUT2D eigenvalue weighted by Crippen LogP contribution is 2.29. The lowest BCUT2D eigenvalue weighted by Gasteiger charge is -2.15. The third-order valence-electron chi connectivity index (χ3n) is 3.64. The van der Waals surface area contributed by atoms with Gasteiger partial charge in [-0.25, -0.2) is 4.98 Å². The van der Waals surface area contributed by atoms with Crippen LogP contribution in [0, 0.1) is 5.92 Å². The van der Waals surface area contributed by atoms with Crippen molar-refractivity contribution >= 4 is 5.91 Å². The Kier molecular flexibility index (Phi) is 3.05. The molecule has 1 aromatic carbocycles. The summed E-state index contributed by atoms with van der Waals surface area (Å²) < 4.78 is 1.92. The minimum Gasteiger partial charge on any atom is -0.396 e. The maximum absolute atomic E-state index is 11.6. The lowest BCUT2D eigenvalue weighted by molar-refractivity contribution is -0.123. The van der Waals surface area contributed by atoms with Crippen molar-refractivity contribution in [1.82, 2.24) is 14.9 Å². The second kappa shape index (κ2) is 4.85. The normalized spacial score (nSPS) is 22.5. The quantitative estimate of drug-likeness (QED) is 0.850. The number of imidazole rings is 1. The summed E-state index contributed by atoms with van der Waals surface area (Å²) in [6, 6.07) is 7.99. The predicted octanol–water partition coefficient (Wildman–Crippen LogP) is 0.694. The van der Waals surface area contributed by atoms with Crippen LogP contribution in [0.4, 0.5) is 0 Å². The maximum Gasteiger partial charge on any atom is 0.226 e. The van der Waals surface area contributed by atoms with Crippen LogP contribution in [0.1, 0.15) is 11.5 Å². The van der Waals surface area contributed by atoms with Crippen LogP contribution in [0.3, 0.4) is 0 Å². The van der Waals surface area contributed by atoms with E-state index in [1.807, 2.05) is 35.0 Å². The Morgan fingerprint density at radius 3 is 2.79 bits per heavy atom. The third kappa shape index (κ3) is 2.13. The SMILES string of the molecule is O=C1NCC(c2ccc(-n3ccnc3)cc2)C1CO. The van der Waals surface area contributed by atoms with E-state index in [1.54, 1.807) is 12.5 Å². The fourth-order valence-electron chi connectivity index (χ4n) is 2.53. The number of carbonyl (C=O) groups excluding carboxylic acids is 1. The summed E-state index contributed by atoms with van der Waals surface area (Å²) >= 11 is 0. The Balaban J connectivity index is 1.85. The van der Waals surface area contributed by atoms with Crippen LogP contribution in [0.15, 0.2) is 43.0 Å². The van der Waals surface area contributed by atoms with E-state index in [0.717, 1.165) is 11.3 Å². The first-order valence-electron chi connectivity index (χ1n) is 6.26. The van der Waals surface area contributed by atoms with E-state index in [2.05, 4.69) is 10.3 Å². The highest BCUT2D eigenvalue weighted by Gasteiger charge is 2.34. The van der Waals surface area contributed by atoms with Gasteiger partial charge in [0.1, 0.15) is 0 Å². The highest BCUT2D eigenvalue weighted by molar-refractivity contribution is 5.82. The minimum atomic E-state index is -0.334. The molecular formula is C14H15N3O2. The van der Waals surface area contributed by atoms with E-state index in [4.69, 9.17) is 0 Å². The Bertz CT molecular complexity index is 563. The molecule has 1 aliphatic rings. The van der Waals surface area contributed by atoms with E-state index in [1.165, 1.54) is 0 Å². The topological polar surface area (TPSA) is 67.2 Å². The maximum atomic E-state index is 11.6. The molecule has 1 aliphatic heterocycles. The zero-order valence-corrected chi connectivity index (χ0v) is 10.4. The number of hydrogen-bond donors (Lipinski definition) is 2. The van der Waals surface area contributed by atoms with Crippen molar-refractivity contribution in [3.8, 4) is 5.69 Å². The molecule has 2 heterocycles. The van der Waals surface area contributed by atoms with Gasteiger partial charge in [-0.05, 0) is 17.7 Å². The Labute approximate surface area is 110 Å². The smallest absolute Gasteiger partial charge is 0.226 e. The van der Waals surface area contributed by atoms with Crippen molar-refractivity contribution < 1.29 is 9.90 Å². The summed E-state index contributed by atoms with van der Waals surface area (Å²) in [5.41, 5.74) is 2.10. The number of nitrogens with one attached hydrogen (secondary N) is 1. The number of aromatic nitrogens is 2. The second-order valence-electron chi connectivity index (χ2n) is 4.70. The number of aliphatic hydroxyl groups excluding tert-OH is 1. The van der Waals surface area contributed by atoms with Gasteiger partial charge < -0.3 is 15.0 Å². The molecule has 98 valence electrons. The third-order valence-corrected chi connectivity index (χ3v) is 3.64. The van der Waals surface area contributed by atoms with Crippen LogP contribution in [0.2, 0.25) is 0 Å². The van der Waals surface area contributed by atoms with Gasteiger partial charge in [0.25, 0.3) is 0 Å². The molecular weight excluding hydrogens is 242 g/mol. The van der Waals surface area contributed by atoms with Crippen LogP contribution in [0.5, 0.6) is 0 Å². The van der Waals surface area contributed by atoms with E-state index in [0.29, 0.717) is 6.54 Å². The standard InChI is InChI=1S/C14H15N3O2/c18-8-13-12(7-16-14(13)19)10-1-3-11(4-2-10)17-6-5-15-9-17/h1-6,9,12-13,18H,7-8H2,(H,16,19). The summed E-state index contributed by atoms with van der Waals surface area (Å²) in [6.45, 7) is 0.480. The van der Waals surface area contributed by atoms with E-state index in [-0.39, 0.29) is 24.3 Å². The van der Waals surface area contributed by atoms with Gasteiger partial charge in [-0.2, -0.15) is 0 Å². The van der Waals surface area contributed by atoms with Gasteiger partial charge in [-0.3, -0.25) is 4.79 Å². The molecule has 2 atom stereocenters. The molecule has 1 saturated heterocycles. The molecule has 2 N–H and O–H groups in total. The molecule has 19 heavy (non-hydrogen) atoms. The van der Waals surface area contributed by atoms with Gasteiger partial charge in [-0.15, -0.1) is 0 Å². The molecule has 1 amide bonds. The first kappa shape index (κ1) is 11.9. The van der Waals surface area contributed by atoms with Crippen molar-refractivity contribution in [3.05, 3.63) is 48.5 Å². The van der Waals surface area contributed by atoms with Gasteiger partial charge in [0.2, 0.25) is 5.91 Å². The average Bonchev–Trinajstić information content (AvgIpc) is 3.08. The van der Waals surface area contributed by atoms with E-state index < -0.39 is 0 Å². The lowest BCUT2D eigenvalue weighted by Crippen LogP contribution is -2.22. The van der Waals surface area contributed by atoms with Crippen LogP contribution in [0.25, 0.3) is 5.69 Å². The van der Waals surface area contributed by atoms with Crippen LogP contribution in [-0.4, -0.2) is 33.7 Å². The molecule has 2 unspecified atom stereocenters. The summed E-state index contributed by atoms with van der Waals surface area (Å²) in [7, 11) is 0. The molecule has 1 aromatic heterocycles. The van der Waals surface area contributed by atoms with Crippen LogP contribution in [-0.2, 0) is 4.79 Å². The molecule has 3 rings (SSSR count). The molecule has 0 aliphatic carbocycles. The molecule has 0 saturated carbocycles. The Morgan fingerprint density at radius 2 is 2.16 bits per heavy atom. The predicted molar refractivity (Wildman–Crippen MR) is 69.9 cm³/mol. The van der Waals surface area contributed by atoms with Gasteiger partial charge >= 0.3 is 0 Å². The largest absolute Gasteiger partial charge is 0.396 e. The fourth-order valence-corrected chi connectivity index (χ4v) is 2.53. The molecule has 5 nitrogen and oxygen atoms in total. The number of aliphatic hydroxyl groups is 1. The molecule has 0 spiro atoms. The molecule has 2 aromatic rings. The monoisotopic (exact) mass is 257 g/mol. The fraction of sp³-hybridized carbons (Fsp3) is 0.286. The summed E-state index contributed by atoms with van der Waals surface area (Å²) in [4.78, 5) is 15.6. The number of benzene rings is 1. The minimum absolute atomic E-state index is 0.0503. The first-order chi connectivity index (χ1) is 9.29. The number of hydrogen-bond acceptors (Lipinski definition) is 3. The number of amides is 1. The summed E-state index contributed by atoms with van der Waals surface area (Å²) in [6.07, 6.45) is 5.35. The second-order valence-corrected chi connectivity index (χ2v) is 4.70. The van der Waals surface area contributed by atoms with E-state index >= 15 is 0 Å². The molecule has 0 radical (unpaired) electrons. The van der Waals surface area contributed by atoms with Gasteiger partial charge in [-0.1, -0.05) is 12.1 Å². The molecule has 1 fully saturated rings. The number of nitrogens with zero attached hydrogens (tertiary/aromatic N) is 2. The van der Waals surface area contributed by atoms with Gasteiger partial charge in [0.15, 0.2) is 0 Å².